The van der Waals surface area contributed by atoms with Crippen LogP contribution < -0.4 is 11.1 Å². The van der Waals surface area contributed by atoms with Crippen LogP contribution in [0.25, 0.3) is 0 Å². The van der Waals surface area contributed by atoms with Crippen molar-refractivity contribution in [2.24, 2.45) is 16.6 Å². The molecule has 0 amide bonds. The third-order valence-corrected chi connectivity index (χ3v) is 2.22. The maximum atomic E-state index is 10.8. The standard InChI is InChI=1S/C12H25N3O2.HI/c1-10(2)9-15-12(13)14-8-6-4-5-7-11(16)17-3;/h10H,4-9H2,1-3H3,(H3,13,14,15);1H. The molecule has 0 aromatic rings. The number of nitrogens with two attached hydrogens (primary N) is 1. The van der Waals surface area contributed by atoms with Gasteiger partial charge in [0.25, 0.3) is 0 Å². The number of hydrogen-bond acceptors (Lipinski definition) is 3. The van der Waals surface area contributed by atoms with Gasteiger partial charge in [0.15, 0.2) is 5.96 Å². The van der Waals surface area contributed by atoms with Gasteiger partial charge in [0, 0.05) is 19.5 Å². The van der Waals surface area contributed by atoms with Gasteiger partial charge in [0.1, 0.15) is 0 Å². The molecule has 0 rings (SSSR count). The van der Waals surface area contributed by atoms with Gasteiger partial charge in [-0.2, -0.15) is 0 Å². The van der Waals surface area contributed by atoms with Crippen molar-refractivity contribution < 1.29 is 9.53 Å². The third kappa shape index (κ3) is 13.5. The largest absolute Gasteiger partial charge is 0.469 e. The number of guanidine groups is 1. The van der Waals surface area contributed by atoms with Crippen LogP contribution in [0.1, 0.15) is 39.5 Å². The van der Waals surface area contributed by atoms with E-state index in [2.05, 4.69) is 28.9 Å². The van der Waals surface area contributed by atoms with E-state index in [4.69, 9.17) is 5.73 Å². The first-order valence-corrected chi connectivity index (χ1v) is 6.17. The zero-order valence-electron chi connectivity index (χ0n) is 11.6. The predicted octanol–water partition coefficient (Wildman–Crippen LogP) is 1.90. The molecule has 0 heterocycles. The maximum Gasteiger partial charge on any atom is 0.305 e. The minimum Gasteiger partial charge on any atom is -0.469 e. The van der Waals surface area contributed by atoms with Gasteiger partial charge in [-0.05, 0) is 18.8 Å². The molecule has 3 N–H and O–H groups in total. The van der Waals surface area contributed by atoms with Gasteiger partial charge < -0.3 is 15.8 Å². The van der Waals surface area contributed by atoms with Gasteiger partial charge >= 0.3 is 5.97 Å². The van der Waals surface area contributed by atoms with Gasteiger partial charge in [-0.1, -0.05) is 20.3 Å². The summed E-state index contributed by atoms with van der Waals surface area (Å²) in [4.78, 5) is 15.0. The summed E-state index contributed by atoms with van der Waals surface area (Å²) in [6.07, 6.45) is 3.32. The Morgan fingerprint density at radius 1 is 1.33 bits per heavy atom. The number of methoxy groups -OCH3 is 1. The molecule has 0 aliphatic heterocycles. The number of halogens is 1. The Kier molecular flexibility index (Phi) is 14.2. The van der Waals surface area contributed by atoms with Crippen LogP contribution >= 0.6 is 24.0 Å². The summed E-state index contributed by atoms with van der Waals surface area (Å²) < 4.78 is 4.56. The smallest absolute Gasteiger partial charge is 0.305 e. The molecular formula is C12H26IN3O2. The molecule has 0 aliphatic carbocycles. The lowest BCUT2D eigenvalue weighted by Crippen LogP contribution is -2.32. The van der Waals surface area contributed by atoms with Gasteiger partial charge in [0.2, 0.25) is 0 Å². The van der Waals surface area contributed by atoms with Crippen molar-refractivity contribution in [2.75, 3.05) is 20.2 Å². The minimum atomic E-state index is -0.143. The van der Waals surface area contributed by atoms with E-state index in [1.54, 1.807) is 0 Å². The van der Waals surface area contributed by atoms with Crippen LogP contribution in [0.3, 0.4) is 0 Å². The van der Waals surface area contributed by atoms with E-state index in [-0.39, 0.29) is 29.9 Å². The number of carbonyl (C=O) groups is 1. The first-order valence-electron chi connectivity index (χ1n) is 6.17. The summed E-state index contributed by atoms with van der Waals surface area (Å²) in [6, 6.07) is 0. The number of ether oxygens (including phenoxy) is 1. The molecule has 0 aliphatic rings. The van der Waals surface area contributed by atoms with E-state index in [1.165, 1.54) is 7.11 Å². The number of aliphatic imine (C=N–C) groups is 1. The van der Waals surface area contributed by atoms with E-state index in [0.29, 0.717) is 18.3 Å². The Balaban J connectivity index is 0. The Bertz CT molecular complexity index is 245. The van der Waals surface area contributed by atoms with Crippen LogP contribution in [-0.4, -0.2) is 32.1 Å². The number of nitrogens with zero attached hydrogens (tertiary/aromatic N) is 1. The second kappa shape index (κ2) is 12.9. The molecule has 6 heteroatoms. The molecule has 0 aromatic heterocycles. The molecule has 0 bridgehead atoms. The second-order valence-corrected chi connectivity index (χ2v) is 4.43. The third-order valence-electron chi connectivity index (χ3n) is 2.22. The number of esters is 1. The molecular weight excluding hydrogens is 345 g/mol. The summed E-state index contributed by atoms with van der Waals surface area (Å²) in [7, 11) is 1.41. The second-order valence-electron chi connectivity index (χ2n) is 4.43. The van der Waals surface area contributed by atoms with Crippen molar-refractivity contribution in [3.63, 3.8) is 0 Å². The Hall–Kier alpha value is -0.530. The van der Waals surface area contributed by atoms with Gasteiger partial charge in [0.05, 0.1) is 7.11 Å². The molecule has 0 radical (unpaired) electrons. The monoisotopic (exact) mass is 371 g/mol. The van der Waals surface area contributed by atoms with Crippen LogP contribution in [0.2, 0.25) is 0 Å². The summed E-state index contributed by atoms with van der Waals surface area (Å²) in [5, 5.41) is 3.05. The number of hydrogen-bond donors (Lipinski definition) is 2. The molecule has 0 spiro atoms. The Morgan fingerprint density at radius 3 is 2.56 bits per heavy atom. The van der Waals surface area contributed by atoms with E-state index >= 15 is 0 Å². The van der Waals surface area contributed by atoms with E-state index < -0.39 is 0 Å². The normalized spacial score (nSPS) is 11.0. The zero-order chi connectivity index (χ0) is 13.1. The number of carbonyl (C=O) groups excluding carboxylic acids is 1. The van der Waals surface area contributed by atoms with E-state index in [0.717, 1.165) is 32.4 Å². The molecule has 0 fully saturated rings. The fourth-order valence-corrected chi connectivity index (χ4v) is 1.23. The molecule has 0 unspecified atom stereocenters. The fourth-order valence-electron chi connectivity index (χ4n) is 1.23. The summed E-state index contributed by atoms with van der Waals surface area (Å²) in [5.74, 6) is 0.887. The highest BCUT2D eigenvalue weighted by Crippen LogP contribution is 1.99. The summed E-state index contributed by atoms with van der Waals surface area (Å²) in [5.41, 5.74) is 5.67. The highest BCUT2D eigenvalue weighted by Gasteiger charge is 1.99. The Morgan fingerprint density at radius 2 is 2.00 bits per heavy atom. The van der Waals surface area contributed by atoms with Gasteiger partial charge in [-0.3, -0.25) is 9.79 Å². The molecule has 0 aromatic carbocycles. The van der Waals surface area contributed by atoms with Gasteiger partial charge in [-0.15, -0.1) is 24.0 Å². The van der Waals surface area contributed by atoms with Crippen LogP contribution in [-0.2, 0) is 9.53 Å². The van der Waals surface area contributed by atoms with Crippen molar-refractivity contribution in [3.05, 3.63) is 0 Å². The number of unbranched alkanes of at least 4 members (excludes halogenated alkanes) is 2. The number of rotatable bonds is 8. The van der Waals surface area contributed by atoms with E-state index in [9.17, 15) is 4.79 Å². The van der Waals surface area contributed by atoms with Crippen LogP contribution in [0.15, 0.2) is 4.99 Å². The molecule has 18 heavy (non-hydrogen) atoms. The molecule has 5 nitrogen and oxygen atoms in total. The predicted molar refractivity (Wildman–Crippen MR) is 85.2 cm³/mol. The average Bonchev–Trinajstić information content (AvgIpc) is 2.30. The van der Waals surface area contributed by atoms with Crippen LogP contribution in [0, 0.1) is 5.92 Å². The molecule has 0 saturated carbocycles. The van der Waals surface area contributed by atoms with Crippen molar-refractivity contribution in [1.82, 2.24) is 5.32 Å². The van der Waals surface area contributed by atoms with Crippen molar-refractivity contribution in [3.8, 4) is 0 Å². The quantitative estimate of drug-likeness (QED) is 0.225. The first kappa shape index (κ1) is 19.8. The SMILES string of the molecule is COC(=O)CCCCCNC(N)=NCC(C)C.I. The zero-order valence-corrected chi connectivity index (χ0v) is 13.9. The molecule has 108 valence electrons. The van der Waals surface area contributed by atoms with Gasteiger partial charge in [-0.25, -0.2) is 0 Å². The van der Waals surface area contributed by atoms with Crippen LogP contribution in [0.4, 0.5) is 0 Å². The maximum absolute atomic E-state index is 10.8. The lowest BCUT2D eigenvalue weighted by molar-refractivity contribution is -0.140. The number of nitrogens with one attached hydrogen (secondary N) is 1. The fraction of sp³-hybridized carbons (Fsp3) is 0.833. The van der Waals surface area contributed by atoms with Crippen molar-refractivity contribution >= 4 is 35.9 Å². The average molecular weight is 371 g/mol. The molecule has 0 atom stereocenters. The molecule has 0 saturated heterocycles. The topological polar surface area (TPSA) is 76.7 Å². The Labute approximate surface area is 127 Å². The van der Waals surface area contributed by atoms with Crippen molar-refractivity contribution in [1.29, 1.82) is 0 Å². The lowest BCUT2D eigenvalue weighted by atomic mass is 10.2. The minimum absolute atomic E-state index is 0. The summed E-state index contributed by atoms with van der Waals surface area (Å²) >= 11 is 0. The first-order chi connectivity index (χ1) is 8.06. The highest BCUT2D eigenvalue weighted by atomic mass is 127. The summed E-state index contributed by atoms with van der Waals surface area (Å²) in [6.45, 7) is 5.75. The van der Waals surface area contributed by atoms with E-state index in [1.807, 2.05) is 0 Å². The van der Waals surface area contributed by atoms with Crippen molar-refractivity contribution in [2.45, 2.75) is 39.5 Å². The highest BCUT2D eigenvalue weighted by molar-refractivity contribution is 14.0. The van der Waals surface area contributed by atoms with Crippen LogP contribution in [0.5, 0.6) is 0 Å². The lowest BCUT2D eigenvalue weighted by Gasteiger charge is -2.06.